The second kappa shape index (κ2) is 5.33. The summed E-state index contributed by atoms with van der Waals surface area (Å²) in [6.07, 6.45) is 1.78. The first-order valence-corrected chi connectivity index (χ1v) is 7.30. The second-order valence-corrected chi connectivity index (χ2v) is 5.42. The van der Waals surface area contributed by atoms with Crippen molar-refractivity contribution in [3.63, 3.8) is 0 Å². The molecule has 0 atom stereocenters. The summed E-state index contributed by atoms with van der Waals surface area (Å²) in [5.41, 5.74) is 0.212. The molecular weight excluding hydrogens is 248 g/mol. The van der Waals surface area contributed by atoms with Crippen molar-refractivity contribution < 1.29 is 13.2 Å². The van der Waals surface area contributed by atoms with E-state index in [0.717, 1.165) is 0 Å². The van der Waals surface area contributed by atoms with E-state index in [0.29, 0.717) is 0 Å². The van der Waals surface area contributed by atoms with Gasteiger partial charge in [0.05, 0.1) is 11.4 Å². The third-order valence-corrected chi connectivity index (χ3v) is 3.26. The van der Waals surface area contributed by atoms with Gasteiger partial charge in [0.25, 0.3) is 0 Å². The zero-order chi connectivity index (χ0) is 12.2. The lowest BCUT2D eigenvalue weighted by Gasteiger charge is -2.08. The van der Waals surface area contributed by atoms with Gasteiger partial charge in [-0.1, -0.05) is 12.1 Å². The largest absolute Gasteiger partial charge is 0.324 e. The van der Waals surface area contributed by atoms with Crippen LogP contribution in [-0.4, -0.2) is 26.3 Å². The number of benzene rings is 1. The number of amides is 1. The van der Waals surface area contributed by atoms with Crippen LogP contribution in [0, 0.1) is 0 Å². The fraction of sp³-hybridized carbons (Fsp3) is 0.222. The number of primary sulfonamides is 1. The minimum atomic E-state index is -3.82. The molecule has 0 bridgehead atoms. The summed E-state index contributed by atoms with van der Waals surface area (Å²) in [4.78, 5) is 11.2. The first kappa shape index (κ1) is 13.0. The molecular formula is C9H12N2O3S2. The molecule has 7 heteroatoms. The van der Waals surface area contributed by atoms with E-state index in [-0.39, 0.29) is 22.2 Å². The highest BCUT2D eigenvalue weighted by Crippen LogP contribution is 2.19. The first-order chi connectivity index (χ1) is 7.45. The Kier molecular flexibility index (Phi) is 4.34. The predicted octanol–water partition coefficient (Wildman–Crippen LogP) is 0.636. The summed E-state index contributed by atoms with van der Waals surface area (Å²) >= 11 is 1.35. The van der Waals surface area contributed by atoms with Gasteiger partial charge in [-0.15, -0.1) is 0 Å². The van der Waals surface area contributed by atoms with Crippen molar-refractivity contribution >= 4 is 33.4 Å². The minimum Gasteiger partial charge on any atom is -0.324 e. The summed E-state index contributed by atoms with van der Waals surface area (Å²) in [6.45, 7) is 0. The van der Waals surface area contributed by atoms with Crippen LogP contribution in [0.5, 0.6) is 0 Å². The third kappa shape index (κ3) is 3.51. The van der Waals surface area contributed by atoms with Crippen LogP contribution in [0.25, 0.3) is 0 Å². The van der Waals surface area contributed by atoms with E-state index in [1.54, 1.807) is 18.4 Å². The van der Waals surface area contributed by atoms with Crippen LogP contribution in [0.2, 0.25) is 0 Å². The number of sulfonamides is 1. The maximum atomic E-state index is 11.3. The number of hydrogen-bond acceptors (Lipinski definition) is 4. The second-order valence-electron chi connectivity index (χ2n) is 3.02. The summed E-state index contributed by atoms with van der Waals surface area (Å²) in [6, 6.07) is 6.02. The first-order valence-electron chi connectivity index (χ1n) is 4.36. The van der Waals surface area contributed by atoms with Crippen LogP contribution >= 0.6 is 11.8 Å². The standard InChI is InChI=1S/C9H12N2O3S2/c1-15-6-9(12)11-7-4-2-3-5-8(7)16(10,13)14/h2-5H,6H2,1H3,(H,11,12)(H2,10,13,14). The molecule has 3 N–H and O–H groups in total. The number of para-hydroxylation sites is 1. The molecule has 88 valence electrons. The molecule has 0 aliphatic rings. The van der Waals surface area contributed by atoms with E-state index in [9.17, 15) is 13.2 Å². The highest BCUT2D eigenvalue weighted by Gasteiger charge is 2.14. The van der Waals surface area contributed by atoms with Crippen molar-refractivity contribution in [1.82, 2.24) is 0 Å². The molecule has 0 radical (unpaired) electrons. The number of anilines is 1. The predicted molar refractivity (Wildman–Crippen MR) is 64.8 cm³/mol. The van der Waals surface area contributed by atoms with Gasteiger partial charge in [0.2, 0.25) is 15.9 Å². The van der Waals surface area contributed by atoms with Gasteiger partial charge < -0.3 is 5.32 Å². The van der Waals surface area contributed by atoms with Crippen LogP contribution in [0.4, 0.5) is 5.69 Å². The maximum absolute atomic E-state index is 11.3. The molecule has 16 heavy (non-hydrogen) atoms. The lowest BCUT2D eigenvalue weighted by molar-refractivity contribution is -0.113. The highest BCUT2D eigenvalue weighted by molar-refractivity contribution is 7.99. The Balaban J connectivity index is 3.01. The monoisotopic (exact) mass is 260 g/mol. The molecule has 0 saturated carbocycles. The van der Waals surface area contributed by atoms with E-state index >= 15 is 0 Å². The normalized spacial score (nSPS) is 11.1. The molecule has 1 rings (SSSR count). The summed E-state index contributed by atoms with van der Waals surface area (Å²) in [7, 11) is -3.82. The van der Waals surface area contributed by atoms with Gasteiger partial charge in [-0.05, 0) is 18.4 Å². The Morgan fingerprint density at radius 2 is 2.06 bits per heavy atom. The van der Waals surface area contributed by atoms with Gasteiger partial charge in [-0.3, -0.25) is 4.79 Å². The Labute approximate surface area is 98.5 Å². The fourth-order valence-corrected chi connectivity index (χ4v) is 2.16. The van der Waals surface area contributed by atoms with Gasteiger partial charge in [0, 0.05) is 0 Å². The molecule has 0 heterocycles. The molecule has 1 aromatic carbocycles. The van der Waals surface area contributed by atoms with E-state index in [4.69, 9.17) is 5.14 Å². The van der Waals surface area contributed by atoms with Crippen LogP contribution in [-0.2, 0) is 14.8 Å². The van der Waals surface area contributed by atoms with Crippen molar-refractivity contribution in [2.24, 2.45) is 5.14 Å². The Morgan fingerprint density at radius 1 is 1.44 bits per heavy atom. The lowest BCUT2D eigenvalue weighted by Crippen LogP contribution is -2.19. The minimum absolute atomic E-state index is 0.0792. The van der Waals surface area contributed by atoms with E-state index < -0.39 is 10.0 Å². The van der Waals surface area contributed by atoms with Gasteiger partial charge in [0.1, 0.15) is 4.90 Å². The number of rotatable bonds is 4. The molecule has 0 aliphatic heterocycles. The topological polar surface area (TPSA) is 89.3 Å². The van der Waals surface area contributed by atoms with Gasteiger partial charge >= 0.3 is 0 Å². The molecule has 1 amide bonds. The van der Waals surface area contributed by atoms with Crippen LogP contribution in [0.1, 0.15) is 0 Å². The van der Waals surface area contributed by atoms with E-state index in [2.05, 4.69) is 5.32 Å². The third-order valence-electron chi connectivity index (χ3n) is 1.74. The van der Waals surface area contributed by atoms with Crippen LogP contribution in [0.3, 0.4) is 0 Å². The molecule has 0 spiro atoms. The Hall–Kier alpha value is -1.05. The maximum Gasteiger partial charge on any atom is 0.240 e. The van der Waals surface area contributed by atoms with Crippen molar-refractivity contribution in [2.75, 3.05) is 17.3 Å². The van der Waals surface area contributed by atoms with E-state index in [1.807, 2.05) is 0 Å². The number of carbonyl (C=O) groups excluding carboxylic acids is 1. The molecule has 0 unspecified atom stereocenters. The van der Waals surface area contributed by atoms with Crippen LogP contribution in [0.15, 0.2) is 29.2 Å². The highest BCUT2D eigenvalue weighted by atomic mass is 32.2. The van der Waals surface area contributed by atoms with Crippen molar-refractivity contribution in [3.8, 4) is 0 Å². The summed E-state index contributed by atoms with van der Waals surface area (Å²) in [5.74, 6) is 0.00229. The number of hydrogen-bond donors (Lipinski definition) is 2. The van der Waals surface area contributed by atoms with Gasteiger partial charge in [-0.2, -0.15) is 11.8 Å². The summed E-state index contributed by atoms with van der Waals surface area (Å²) < 4.78 is 22.4. The smallest absolute Gasteiger partial charge is 0.240 e. The zero-order valence-corrected chi connectivity index (χ0v) is 10.3. The summed E-state index contributed by atoms with van der Waals surface area (Å²) in [5, 5.41) is 7.52. The van der Waals surface area contributed by atoms with Gasteiger partial charge in [0.15, 0.2) is 0 Å². The number of carbonyl (C=O) groups is 1. The SMILES string of the molecule is CSCC(=O)Nc1ccccc1S(N)(=O)=O. The average Bonchev–Trinajstić information content (AvgIpc) is 2.17. The fourth-order valence-electron chi connectivity index (χ4n) is 1.14. The quantitative estimate of drug-likeness (QED) is 0.831. The lowest BCUT2D eigenvalue weighted by atomic mass is 10.3. The molecule has 0 aliphatic carbocycles. The molecule has 1 aromatic rings. The van der Waals surface area contributed by atoms with Crippen molar-refractivity contribution in [2.45, 2.75) is 4.90 Å². The zero-order valence-electron chi connectivity index (χ0n) is 8.64. The van der Waals surface area contributed by atoms with Gasteiger partial charge in [-0.25, -0.2) is 13.6 Å². The van der Waals surface area contributed by atoms with Crippen LogP contribution < -0.4 is 10.5 Å². The Morgan fingerprint density at radius 3 is 2.62 bits per heavy atom. The number of nitrogens with one attached hydrogen (secondary N) is 1. The molecule has 0 fully saturated rings. The molecule has 5 nitrogen and oxygen atoms in total. The molecule has 0 saturated heterocycles. The number of nitrogens with two attached hydrogens (primary N) is 1. The van der Waals surface area contributed by atoms with Crippen molar-refractivity contribution in [3.05, 3.63) is 24.3 Å². The van der Waals surface area contributed by atoms with Crippen molar-refractivity contribution in [1.29, 1.82) is 0 Å². The average molecular weight is 260 g/mol. The number of thioether (sulfide) groups is 1. The van der Waals surface area contributed by atoms with E-state index in [1.165, 1.54) is 23.9 Å². The Bertz CT molecular complexity index is 485. The molecule has 0 aromatic heterocycles.